The summed E-state index contributed by atoms with van der Waals surface area (Å²) in [5.74, 6) is 0.851. The van der Waals surface area contributed by atoms with Crippen LogP contribution in [0.1, 0.15) is 11.1 Å². The van der Waals surface area contributed by atoms with Gasteiger partial charge in [0.05, 0.1) is 7.11 Å². The lowest BCUT2D eigenvalue weighted by atomic mass is 10.1. The average Bonchev–Trinajstić information content (AvgIpc) is 2.55. The Morgan fingerprint density at radius 2 is 1.78 bits per heavy atom. The predicted octanol–water partition coefficient (Wildman–Crippen LogP) is 3.54. The predicted molar refractivity (Wildman–Crippen MR) is 95.9 cm³/mol. The van der Waals surface area contributed by atoms with Crippen LogP contribution in [0.4, 0.5) is 4.79 Å². The summed E-state index contributed by atoms with van der Waals surface area (Å²) < 4.78 is 6.35. The molecule has 0 spiro atoms. The maximum Gasteiger partial charge on any atom is 0.314 e. The molecule has 23 heavy (non-hydrogen) atoms. The number of urea groups is 1. The summed E-state index contributed by atoms with van der Waals surface area (Å²) in [4.78, 5) is 11.8. The van der Waals surface area contributed by atoms with E-state index < -0.39 is 0 Å². The molecule has 4 nitrogen and oxygen atoms in total. The number of amides is 2. The molecule has 2 rings (SSSR count). The van der Waals surface area contributed by atoms with Gasteiger partial charge >= 0.3 is 6.03 Å². The second-order valence-electron chi connectivity index (χ2n) is 5.12. The van der Waals surface area contributed by atoms with Gasteiger partial charge in [-0.15, -0.1) is 0 Å². The third-order valence-corrected chi connectivity index (χ3v) is 3.95. The summed E-state index contributed by atoms with van der Waals surface area (Å²) in [5, 5.41) is 5.73. The molecule has 0 aromatic heterocycles. The number of halogens is 1. The highest BCUT2D eigenvalue weighted by molar-refractivity contribution is 9.10. The molecule has 0 atom stereocenters. The molecule has 0 bridgehead atoms. The Bertz CT molecular complexity index is 646. The average molecular weight is 377 g/mol. The Labute approximate surface area is 145 Å². The van der Waals surface area contributed by atoms with Crippen molar-refractivity contribution in [3.8, 4) is 5.75 Å². The molecule has 2 amide bonds. The number of hydrogen-bond acceptors (Lipinski definition) is 2. The van der Waals surface area contributed by atoms with E-state index in [0.717, 1.165) is 28.6 Å². The lowest BCUT2D eigenvalue weighted by Gasteiger charge is -2.10. The van der Waals surface area contributed by atoms with E-state index in [1.807, 2.05) is 42.5 Å². The minimum absolute atomic E-state index is 0.144. The molecule has 0 unspecified atom stereocenters. The summed E-state index contributed by atoms with van der Waals surface area (Å²) in [6.07, 6.45) is 1.54. The van der Waals surface area contributed by atoms with Crippen LogP contribution < -0.4 is 15.4 Å². The van der Waals surface area contributed by atoms with Crippen LogP contribution in [0.3, 0.4) is 0 Å². The zero-order valence-electron chi connectivity index (χ0n) is 13.1. The molecule has 0 fully saturated rings. The minimum Gasteiger partial charge on any atom is -0.496 e. The quantitative estimate of drug-likeness (QED) is 0.776. The fourth-order valence-corrected chi connectivity index (χ4v) is 2.74. The van der Waals surface area contributed by atoms with Crippen LogP contribution in [-0.2, 0) is 12.8 Å². The monoisotopic (exact) mass is 376 g/mol. The van der Waals surface area contributed by atoms with Crippen LogP contribution in [0.2, 0.25) is 0 Å². The molecule has 122 valence electrons. The van der Waals surface area contributed by atoms with Gasteiger partial charge in [0, 0.05) is 17.6 Å². The Morgan fingerprint density at radius 1 is 1.04 bits per heavy atom. The fraction of sp³-hybridized carbons (Fsp3) is 0.278. The molecule has 5 heteroatoms. The van der Waals surface area contributed by atoms with E-state index in [4.69, 9.17) is 4.74 Å². The van der Waals surface area contributed by atoms with Gasteiger partial charge in [-0.1, -0.05) is 46.3 Å². The van der Waals surface area contributed by atoms with Crippen LogP contribution in [0.5, 0.6) is 5.75 Å². The van der Waals surface area contributed by atoms with Crippen LogP contribution in [0.25, 0.3) is 0 Å². The van der Waals surface area contributed by atoms with E-state index in [-0.39, 0.29) is 6.03 Å². The number of nitrogens with one attached hydrogen (secondary N) is 2. The summed E-state index contributed by atoms with van der Waals surface area (Å²) >= 11 is 3.44. The number of carbonyl (C=O) groups excluding carboxylic acids is 1. The van der Waals surface area contributed by atoms with Crippen LogP contribution in [-0.4, -0.2) is 26.2 Å². The summed E-state index contributed by atoms with van der Waals surface area (Å²) in [6, 6.07) is 15.8. The molecular formula is C18H21BrN2O2. The van der Waals surface area contributed by atoms with Crippen molar-refractivity contribution in [2.45, 2.75) is 12.8 Å². The number of rotatable bonds is 7. The maximum absolute atomic E-state index is 11.8. The second-order valence-corrected chi connectivity index (χ2v) is 6.04. The topological polar surface area (TPSA) is 50.4 Å². The first-order valence-corrected chi connectivity index (χ1v) is 8.36. The van der Waals surface area contributed by atoms with Crippen molar-refractivity contribution >= 4 is 22.0 Å². The largest absolute Gasteiger partial charge is 0.496 e. The van der Waals surface area contributed by atoms with E-state index in [2.05, 4.69) is 32.6 Å². The third-order valence-electron chi connectivity index (χ3n) is 3.46. The van der Waals surface area contributed by atoms with Gasteiger partial charge in [0.25, 0.3) is 0 Å². The van der Waals surface area contributed by atoms with E-state index in [1.54, 1.807) is 7.11 Å². The SMILES string of the molecule is COc1ccccc1CCNC(=O)NCCc1cccc(Br)c1. The molecule has 0 aliphatic carbocycles. The normalized spacial score (nSPS) is 10.2. The third kappa shape index (κ3) is 5.94. The summed E-state index contributed by atoms with van der Waals surface area (Å²) in [6.45, 7) is 1.18. The van der Waals surface area contributed by atoms with Gasteiger partial charge in [-0.05, 0) is 42.2 Å². The summed E-state index contributed by atoms with van der Waals surface area (Å²) in [5.41, 5.74) is 2.28. The van der Waals surface area contributed by atoms with Gasteiger partial charge in [-0.3, -0.25) is 0 Å². The Morgan fingerprint density at radius 3 is 2.52 bits per heavy atom. The molecule has 2 aromatic rings. The second kappa shape index (κ2) is 9.20. The Balaban J connectivity index is 1.67. The Hall–Kier alpha value is -2.01. The van der Waals surface area contributed by atoms with Crippen molar-refractivity contribution in [3.63, 3.8) is 0 Å². The number of carbonyl (C=O) groups is 1. The number of methoxy groups -OCH3 is 1. The smallest absolute Gasteiger partial charge is 0.314 e. The number of benzene rings is 2. The molecule has 0 saturated carbocycles. The highest BCUT2D eigenvalue weighted by Crippen LogP contribution is 2.17. The van der Waals surface area contributed by atoms with Gasteiger partial charge in [0.15, 0.2) is 0 Å². The van der Waals surface area contributed by atoms with Crippen molar-refractivity contribution in [1.29, 1.82) is 0 Å². The molecule has 2 N–H and O–H groups in total. The lowest BCUT2D eigenvalue weighted by Crippen LogP contribution is -2.37. The zero-order valence-corrected chi connectivity index (χ0v) is 14.7. The number of ether oxygens (including phenoxy) is 1. The first kappa shape index (κ1) is 17.3. The van der Waals surface area contributed by atoms with Crippen molar-refractivity contribution in [1.82, 2.24) is 10.6 Å². The fourth-order valence-electron chi connectivity index (χ4n) is 2.30. The van der Waals surface area contributed by atoms with E-state index in [0.29, 0.717) is 13.1 Å². The molecule has 2 aromatic carbocycles. The van der Waals surface area contributed by atoms with E-state index >= 15 is 0 Å². The Kier molecular flexibility index (Phi) is 6.94. The molecule has 0 saturated heterocycles. The van der Waals surface area contributed by atoms with Gasteiger partial charge < -0.3 is 15.4 Å². The van der Waals surface area contributed by atoms with Gasteiger partial charge in [0.2, 0.25) is 0 Å². The highest BCUT2D eigenvalue weighted by atomic mass is 79.9. The molecule has 0 radical (unpaired) electrons. The van der Waals surface area contributed by atoms with Crippen LogP contribution in [0.15, 0.2) is 53.0 Å². The first-order chi connectivity index (χ1) is 11.2. The number of para-hydroxylation sites is 1. The zero-order chi connectivity index (χ0) is 16.5. The lowest BCUT2D eigenvalue weighted by molar-refractivity contribution is 0.241. The first-order valence-electron chi connectivity index (χ1n) is 7.57. The van der Waals surface area contributed by atoms with Crippen molar-refractivity contribution in [3.05, 3.63) is 64.1 Å². The molecule has 0 aliphatic rings. The highest BCUT2D eigenvalue weighted by Gasteiger charge is 2.03. The van der Waals surface area contributed by atoms with Gasteiger partial charge in [0.1, 0.15) is 5.75 Å². The summed E-state index contributed by atoms with van der Waals surface area (Å²) in [7, 11) is 1.65. The van der Waals surface area contributed by atoms with E-state index in [9.17, 15) is 4.79 Å². The van der Waals surface area contributed by atoms with Crippen LogP contribution >= 0.6 is 15.9 Å². The van der Waals surface area contributed by atoms with Crippen molar-refractivity contribution in [2.24, 2.45) is 0 Å². The van der Waals surface area contributed by atoms with Crippen molar-refractivity contribution < 1.29 is 9.53 Å². The van der Waals surface area contributed by atoms with Gasteiger partial charge in [-0.2, -0.15) is 0 Å². The number of hydrogen-bond donors (Lipinski definition) is 2. The van der Waals surface area contributed by atoms with Crippen LogP contribution in [0, 0.1) is 0 Å². The maximum atomic E-state index is 11.8. The van der Waals surface area contributed by atoms with Crippen molar-refractivity contribution in [2.75, 3.05) is 20.2 Å². The van der Waals surface area contributed by atoms with E-state index in [1.165, 1.54) is 5.56 Å². The molecular weight excluding hydrogens is 356 g/mol. The van der Waals surface area contributed by atoms with Gasteiger partial charge in [-0.25, -0.2) is 4.79 Å². The molecule has 0 heterocycles. The standard InChI is InChI=1S/C18H21BrN2O2/c1-23-17-8-3-2-6-15(17)10-12-21-18(22)20-11-9-14-5-4-7-16(19)13-14/h2-8,13H,9-12H2,1H3,(H2,20,21,22). The minimum atomic E-state index is -0.144. The molecule has 0 aliphatic heterocycles.